The summed E-state index contributed by atoms with van der Waals surface area (Å²) < 4.78 is 0. The van der Waals surface area contributed by atoms with Crippen molar-refractivity contribution in [2.24, 2.45) is 0 Å². The molecule has 3 aromatic rings. The Balaban J connectivity index is 1.40. The van der Waals surface area contributed by atoms with Crippen molar-refractivity contribution < 1.29 is 9.90 Å². The van der Waals surface area contributed by atoms with Crippen LogP contribution < -0.4 is 15.5 Å². The number of fused-ring (bicyclic) bond motifs is 1. The maximum absolute atomic E-state index is 11.3. The molecule has 2 aromatic heterocycles. The fourth-order valence-corrected chi connectivity index (χ4v) is 4.69. The molecule has 176 valence electrons. The Labute approximate surface area is 198 Å². The van der Waals surface area contributed by atoms with E-state index in [0.717, 1.165) is 68.5 Å². The van der Waals surface area contributed by atoms with Crippen molar-refractivity contribution in [2.45, 2.75) is 19.9 Å². The number of nitrogen functional groups attached to an aromatic ring is 1. The third-order valence-corrected chi connectivity index (χ3v) is 6.70. The molecule has 1 saturated heterocycles. The summed E-state index contributed by atoms with van der Waals surface area (Å²) >= 11 is 0. The zero-order chi connectivity index (χ0) is 23.8. The molecule has 0 radical (unpaired) electrons. The van der Waals surface area contributed by atoms with Crippen molar-refractivity contribution in [3.8, 4) is 11.1 Å². The molecular formula is C25H29N7O2. The molecule has 0 saturated carbocycles. The number of piperazine rings is 1. The summed E-state index contributed by atoms with van der Waals surface area (Å²) in [5.41, 5.74) is 11.3. The van der Waals surface area contributed by atoms with E-state index in [9.17, 15) is 9.90 Å². The van der Waals surface area contributed by atoms with Crippen LogP contribution in [-0.4, -0.2) is 70.7 Å². The number of aryl methyl sites for hydroxylation is 1. The Kier molecular flexibility index (Phi) is 5.79. The molecule has 2 aliphatic heterocycles. The van der Waals surface area contributed by atoms with Crippen LogP contribution >= 0.6 is 0 Å². The zero-order valence-electron chi connectivity index (χ0n) is 19.5. The third kappa shape index (κ3) is 4.38. The Morgan fingerprint density at radius 1 is 0.941 bits per heavy atom. The minimum Gasteiger partial charge on any atom is -0.477 e. The molecule has 1 aromatic carbocycles. The van der Waals surface area contributed by atoms with Gasteiger partial charge in [0.25, 0.3) is 0 Å². The monoisotopic (exact) mass is 459 g/mol. The summed E-state index contributed by atoms with van der Waals surface area (Å²) in [5.74, 6) is 1.02. The summed E-state index contributed by atoms with van der Waals surface area (Å²) in [7, 11) is 2.13. The average Bonchev–Trinajstić information content (AvgIpc) is 2.83. The number of hydrogen-bond donors (Lipinski definition) is 2. The number of aromatic nitrogens is 3. The number of pyridine rings is 1. The molecule has 4 heterocycles. The maximum atomic E-state index is 11.3. The van der Waals surface area contributed by atoms with Gasteiger partial charge >= 0.3 is 5.97 Å². The van der Waals surface area contributed by atoms with E-state index in [1.54, 1.807) is 13.1 Å². The smallest absolute Gasteiger partial charge is 0.354 e. The molecule has 0 unspecified atom stereocenters. The highest BCUT2D eigenvalue weighted by atomic mass is 16.4. The highest BCUT2D eigenvalue weighted by Crippen LogP contribution is 2.30. The minimum atomic E-state index is -1.01. The van der Waals surface area contributed by atoms with E-state index in [2.05, 4.69) is 61.0 Å². The lowest BCUT2D eigenvalue weighted by molar-refractivity contribution is 0.0689. The molecule has 0 spiro atoms. The van der Waals surface area contributed by atoms with Gasteiger partial charge in [0.1, 0.15) is 11.6 Å². The van der Waals surface area contributed by atoms with Gasteiger partial charge in [0.2, 0.25) is 5.95 Å². The summed E-state index contributed by atoms with van der Waals surface area (Å²) in [6.45, 7) is 7.21. The van der Waals surface area contributed by atoms with E-state index in [0.29, 0.717) is 11.5 Å². The van der Waals surface area contributed by atoms with Gasteiger partial charge in [-0.3, -0.25) is 0 Å². The second-order valence-corrected chi connectivity index (χ2v) is 9.08. The lowest BCUT2D eigenvalue weighted by atomic mass is 9.94. The van der Waals surface area contributed by atoms with Crippen LogP contribution in [0.15, 0.2) is 36.5 Å². The number of aromatic carboxylic acids is 1. The molecule has 9 heteroatoms. The first-order valence-electron chi connectivity index (χ1n) is 11.5. The number of likely N-dealkylation sites (N-methyl/N-ethyl adjacent to an activating group) is 1. The summed E-state index contributed by atoms with van der Waals surface area (Å²) in [6, 6.07) is 10.3. The molecule has 0 atom stereocenters. The van der Waals surface area contributed by atoms with E-state index in [-0.39, 0.29) is 5.69 Å². The van der Waals surface area contributed by atoms with E-state index in [1.807, 2.05) is 6.07 Å². The number of hydrogen-bond acceptors (Lipinski definition) is 8. The third-order valence-electron chi connectivity index (χ3n) is 6.70. The number of nitrogens with zero attached hydrogens (tertiary/aromatic N) is 6. The van der Waals surface area contributed by atoms with Gasteiger partial charge in [0.05, 0.1) is 0 Å². The van der Waals surface area contributed by atoms with Crippen molar-refractivity contribution in [1.82, 2.24) is 19.9 Å². The Bertz CT molecular complexity index is 1240. The van der Waals surface area contributed by atoms with Gasteiger partial charge in [0.15, 0.2) is 5.69 Å². The molecule has 34 heavy (non-hydrogen) atoms. The normalized spacial score (nSPS) is 16.4. The summed E-state index contributed by atoms with van der Waals surface area (Å²) in [5, 5.41) is 9.26. The highest BCUT2D eigenvalue weighted by Gasteiger charge is 2.22. The van der Waals surface area contributed by atoms with Crippen molar-refractivity contribution in [1.29, 1.82) is 0 Å². The molecule has 0 aliphatic carbocycles. The van der Waals surface area contributed by atoms with Gasteiger partial charge in [-0.05, 0) is 54.8 Å². The average molecular weight is 460 g/mol. The van der Waals surface area contributed by atoms with Crippen LogP contribution in [0, 0.1) is 6.92 Å². The molecule has 0 bridgehead atoms. The van der Waals surface area contributed by atoms with Gasteiger partial charge < -0.3 is 25.5 Å². The second-order valence-electron chi connectivity index (χ2n) is 9.08. The summed E-state index contributed by atoms with van der Waals surface area (Å²) in [6.07, 6.45) is 2.55. The van der Waals surface area contributed by atoms with Crippen molar-refractivity contribution in [3.63, 3.8) is 0 Å². The molecule has 1 fully saturated rings. The van der Waals surface area contributed by atoms with Gasteiger partial charge in [-0.2, -0.15) is 9.97 Å². The van der Waals surface area contributed by atoms with Crippen molar-refractivity contribution in [3.05, 3.63) is 58.9 Å². The Morgan fingerprint density at radius 2 is 1.68 bits per heavy atom. The van der Waals surface area contributed by atoms with Crippen molar-refractivity contribution in [2.75, 3.05) is 55.3 Å². The van der Waals surface area contributed by atoms with Crippen LogP contribution in [0.25, 0.3) is 11.1 Å². The predicted molar refractivity (Wildman–Crippen MR) is 132 cm³/mol. The SMILES string of the molecule is Cc1cc(-c2ccc3c(c2)CN(c2cc(N4CCN(C)CC4)nc(N)n2)CC3)cnc1C(=O)O. The number of carbonyl (C=O) groups is 1. The molecule has 5 rings (SSSR count). The molecule has 9 nitrogen and oxygen atoms in total. The van der Waals surface area contributed by atoms with E-state index < -0.39 is 5.97 Å². The number of anilines is 3. The maximum Gasteiger partial charge on any atom is 0.354 e. The first-order valence-corrected chi connectivity index (χ1v) is 11.5. The number of benzene rings is 1. The fourth-order valence-electron chi connectivity index (χ4n) is 4.69. The van der Waals surface area contributed by atoms with Gasteiger partial charge in [-0.1, -0.05) is 12.1 Å². The highest BCUT2D eigenvalue weighted by molar-refractivity contribution is 5.87. The number of carboxylic acids is 1. The van der Waals surface area contributed by atoms with Crippen LogP contribution in [0.1, 0.15) is 27.2 Å². The summed E-state index contributed by atoms with van der Waals surface area (Å²) in [4.78, 5) is 31.3. The van der Waals surface area contributed by atoms with Gasteiger partial charge in [-0.15, -0.1) is 0 Å². The largest absolute Gasteiger partial charge is 0.477 e. The quantitative estimate of drug-likeness (QED) is 0.607. The van der Waals surface area contributed by atoms with Crippen LogP contribution in [-0.2, 0) is 13.0 Å². The van der Waals surface area contributed by atoms with Crippen LogP contribution in [0.2, 0.25) is 0 Å². The second kappa shape index (κ2) is 8.90. The zero-order valence-corrected chi connectivity index (χ0v) is 19.5. The number of nitrogens with two attached hydrogens (primary N) is 1. The van der Waals surface area contributed by atoms with E-state index >= 15 is 0 Å². The van der Waals surface area contributed by atoms with E-state index in [4.69, 9.17) is 5.73 Å². The van der Waals surface area contributed by atoms with Gasteiger partial charge in [0, 0.05) is 57.1 Å². The topological polar surface area (TPSA) is 112 Å². The lowest BCUT2D eigenvalue weighted by Gasteiger charge is -2.34. The predicted octanol–water partition coefficient (Wildman–Crippen LogP) is 2.44. The fraction of sp³-hybridized carbons (Fsp3) is 0.360. The minimum absolute atomic E-state index is 0.0883. The first-order chi connectivity index (χ1) is 16.4. The lowest BCUT2D eigenvalue weighted by Crippen LogP contribution is -2.45. The van der Waals surface area contributed by atoms with Crippen LogP contribution in [0.4, 0.5) is 17.6 Å². The molecular weight excluding hydrogens is 430 g/mol. The van der Waals surface area contributed by atoms with Crippen LogP contribution in [0.3, 0.4) is 0 Å². The van der Waals surface area contributed by atoms with Gasteiger partial charge in [-0.25, -0.2) is 9.78 Å². The molecule has 2 aliphatic rings. The first kappa shape index (κ1) is 22.1. The number of rotatable bonds is 4. The van der Waals surface area contributed by atoms with Crippen LogP contribution in [0.5, 0.6) is 0 Å². The standard InChI is InChI=1S/C25H29N7O2/c1-16-11-19(14-27-23(16)24(33)34)18-4-3-17-5-6-32(15-20(17)12-18)22-13-21(28-25(26)29-22)31-9-7-30(2)8-10-31/h3-4,11-14H,5-10,15H2,1-2H3,(H,33,34)(H2,26,28,29). The van der Waals surface area contributed by atoms with Crippen molar-refractivity contribution >= 4 is 23.6 Å². The molecule has 3 N–H and O–H groups in total. The Morgan fingerprint density at radius 3 is 2.38 bits per heavy atom. The number of carboxylic acid groups (broad SMARTS) is 1. The Hall–Kier alpha value is -3.72. The van der Waals surface area contributed by atoms with E-state index in [1.165, 1.54) is 11.1 Å². The molecule has 0 amide bonds.